The molecule has 0 radical (unpaired) electrons. The van der Waals surface area contributed by atoms with Gasteiger partial charge in [-0.3, -0.25) is 0 Å². The summed E-state index contributed by atoms with van der Waals surface area (Å²) in [6.07, 6.45) is 4.07. The zero-order chi connectivity index (χ0) is 18.4. The summed E-state index contributed by atoms with van der Waals surface area (Å²) in [6.45, 7) is 7.08. The second-order valence-electron chi connectivity index (χ2n) is 8.19. The number of carbonyl (C=O) groups is 1. The van der Waals surface area contributed by atoms with Crippen LogP contribution >= 0.6 is 0 Å². The smallest absolute Gasteiger partial charge is 0.409 e. The van der Waals surface area contributed by atoms with Gasteiger partial charge in [-0.25, -0.2) is 4.79 Å². The Morgan fingerprint density at radius 1 is 1.36 bits per heavy atom. The summed E-state index contributed by atoms with van der Waals surface area (Å²) in [4.78, 5) is 13.5. The van der Waals surface area contributed by atoms with E-state index in [1.807, 2.05) is 0 Å². The standard InChI is InChI=1S/C19H31NO5/c1-12(2)7-8-14-18(3,25-14)16-15(22-6)13(24-17(21)20(4)5)9-10-19(16)11-23-19/h7,13-16H,8-11H2,1-6H3. The summed E-state index contributed by atoms with van der Waals surface area (Å²) in [6, 6.07) is 0. The van der Waals surface area contributed by atoms with Gasteiger partial charge in [0.05, 0.1) is 18.6 Å². The molecule has 1 aliphatic carbocycles. The van der Waals surface area contributed by atoms with Crippen LogP contribution in [0.4, 0.5) is 4.79 Å². The lowest BCUT2D eigenvalue weighted by Gasteiger charge is -2.42. The Morgan fingerprint density at radius 3 is 2.56 bits per heavy atom. The van der Waals surface area contributed by atoms with Crippen molar-refractivity contribution in [3.8, 4) is 0 Å². The molecule has 3 rings (SSSR count). The van der Waals surface area contributed by atoms with E-state index in [9.17, 15) is 4.79 Å². The molecule has 1 saturated carbocycles. The van der Waals surface area contributed by atoms with E-state index in [0.29, 0.717) is 0 Å². The zero-order valence-electron chi connectivity index (χ0n) is 16.2. The number of hydrogen-bond donors (Lipinski definition) is 0. The summed E-state index contributed by atoms with van der Waals surface area (Å²) in [5.41, 5.74) is 0.808. The van der Waals surface area contributed by atoms with E-state index in [4.69, 9.17) is 18.9 Å². The third kappa shape index (κ3) is 3.44. The molecule has 25 heavy (non-hydrogen) atoms. The number of carbonyl (C=O) groups excluding carboxylic acids is 1. The van der Waals surface area contributed by atoms with E-state index in [1.165, 1.54) is 10.5 Å². The van der Waals surface area contributed by atoms with Crippen molar-refractivity contribution < 1.29 is 23.7 Å². The Labute approximate surface area is 150 Å². The highest BCUT2D eigenvalue weighted by atomic mass is 16.6. The van der Waals surface area contributed by atoms with Gasteiger partial charge in [-0.05, 0) is 40.0 Å². The summed E-state index contributed by atoms with van der Waals surface area (Å²) in [7, 11) is 5.07. The molecule has 0 bridgehead atoms. The largest absolute Gasteiger partial charge is 0.443 e. The number of epoxide rings is 2. The fraction of sp³-hybridized carbons (Fsp3) is 0.842. The highest BCUT2D eigenvalue weighted by molar-refractivity contribution is 5.67. The Balaban J connectivity index is 1.78. The van der Waals surface area contributed by atoms with Crippen molar-refractivity contribution in [3.63, 3.8) is 0 Å². The predicted molar refractivity (Wildman–Crippen MR) is 93.5 cm³/mol. The highest BCUT2D eigenvalue weighted by Crippen LogP contribution is 2.59. The quantitative estimate of drug-likeness (QED) is 0.562. The van der Waals surface area contributed by atoms with Crippen molar-refractivity contribution in [3.05, 3.63) is 11.6 Å². The minimum atomic E-state index is -0.332. The van der Waals surface area contributed by atoms with Crippen molar-refractivity contribution in [1.29, 1.82) is 0 Å². The van der Waals surface area contributed by atoms with Crippen LogP contribution in [0.1, 0.15) is 40.0 Å². The molecule has 2 saturated heterocycles. The number of methoxy groups -OCH3 is 1. The first kappa shape index (κ1) is 18.7. The molecule has 6 unspecified atom stereocenters. The minimum Gasteiger partial charge on any atom is -0.443 e. The van der Waals surface area contributed by atoms with Crippen molar-refractivity contribution in [1.82, 2.24) is 4.90 Å². The van der Waals surface area contributed by atoms with Gasteiger partial charge in [-0.1, -0.05) is 11.6 Å². The van der Waals surface area contributed by atoms with Crippen LogP contribution in [0.15, 0.2) is 11.6 Å². The van der Waals surface area contributed by atoms with Crippen LogP contribution in [0.2, 0.25) is 0 Å². The number of rotatable bonds is 5. The molecule has 1 amide bonds. The average Bonchev–Trinajstić information content (AvgIpc) is 3.45. The first-order valence-corrected chi connectivity index (χ1v) is 9.09. The maximum atomic E-state index is 12.0. The lowest BCUT2D eigenvalue weighted by molar-refractivity contribution is -0.120. The predicted octanol–water partition coefficient (Wildman–Crippen LogP) is 2.76. The molecule has 0 N–H and O–H groups in total. The molecule has 0 aromatic heterocycles. The number of amides is 1. The molecular weight excluding hydrogens is 322 g/mol. The minimum absolute atomic E-state index is 0.0641. The van der Waals surface area contributed by atoms with Crippen molar-refractivity contribution >= 4 is 6.09 Å². The van der Waals surface area contributed by atoms with Gasteiger partial charge >= 0.3 is 6.09 Å². The molecule has 0 aromatic carbocycles. The van der Waals surface area contributed by atoms with Gasteiger partial charge in [0.1, 0.15) is 23.4 Å². The molecule has 3 fully saturated rings. The molecular formula is C19H31NO5. The maximum Gasteiger partial charge on any atom is 0.409 e. The third-order valence-corrected chi connectivity index (χ3v) is 5.85. The van der Waals surface area contributed by atoms with Gasteiger partial charge in [0.25, 0.3) is 0 Å². The Bertz CT molecular complexity index is 552. The summed E-state index contributed by atoms with van der Waals surface area (Å²) < 4.78 is 23.6. The van der Waals surface area contributed by atoms with Gasteiger partial charge in [0.15, 0.2) is 0 Å². The van der Waals surface area contributed by atoms with Crippen LogP contribution in [0.3, 0.4) is 0 Å². The summed E-state index contributed by atoms with van der Waals surface area (Å²) in [5, 5.41) is 0. The van der Waals surface area contributed by atoms with Crippen molar-refractivity contribution in [2.75, 3.05) is 27.8 Å². The van der Waals surface area contributed by atoms with Crippen LogP contribution in [0.25, 0.3) is 0 Å². The topological polar surface area (TPSA) is 63.8 Å². The maximum absolute atomic E-state index is 12.0. The van der Waals surface area contributed by atoms with Gasteiger partial charge in [-0.2, -0.15) is 0 Å². The van der Waals surface area contributed by atoms with Gasteiger partial charge in [0.2, 0.25) is 0 Å². The first-order chi connectivity index (χ1) is 11.7. The van der Waals surface area contributed by atoms with Gasteiger partial charge in [-0.15, -0.1) is 0 Å². The molecule has 2 heterocycles. The molecule has 2 aliphatic heterocycles. The average molecular weight is 353 g/mol. The second-order valence-corrected chi connectivity index (χ2v) is 8.19. The van der Waals surface area contributed by atoms with Gasteiger partial charge in [0, 0.05) is 21.2 Å². The van der Waals surface area contributed by atoms with E-state index in [1.54, 1.807) is 21.2 Å². The number of allylic oxidation sites excluding steroid dienone is 1. The fourth-order valence-corrected chi connectivity index (χ4v) is 4.31. The normalized spacial score (nSPS) is 42.0. The molecule has 1 spiro atoms. The summed E-state index contributed by atoms with van der Waals surface area (Å²) in [5.74, 6) is 0.0641. The Hall–Kier alpha value is -1.11. The van der Waals surface area contributed by atoms with E-state index < -0.39 is 0 Å². The molecule has 6 nitrogen and oxygen atoms in total. The zero-order valence-corrected chi connectivity index (χ0v) is 16.2. The molecule has 3 aliphatic rings. The van der Waals surface area contributed by atoms with Crippen LogP contribution in [0.5, 0.6) is 0 Å². The van der Waals surface area contributed by atoms with Crippen molar-refractivity contribution in [2.45, 2.75) is 69.5 Å². The molecule has 0 aromatic rings. The number of hydrogen-bond acceptors (Lipinski definition) is 5. The molecule has 142 valence electrons. The van der Waals surface area contributed by atoms with Gasteiger partial charge < -0.3 is 23.8 Å². The lowest BCUT2D eigenvalue weighted by atomic mass is 9.68. The Morgan fingerprint density at radius 2 is 2.04 bits per heavy atom. The van der Waals surface area contributed by atoms with Crippen LogP contribution < -0.4 is 0 Å². The second kappa shape index (κ2) is 6.56. The lowest BCUT2D eigenvalue weighted by Crippen LogP contribution is -2.56. The number of ether oxygens (including phenoxy) is 4. The molecule has 6 heteroatoms. The van der Waals surface area contributed by atoms with Crippen LogP contribution in [-0.4, -0.2) is 68.3 Å². The van der Waals surface area contributed by atoms with Crippen LogP contribution in [-0.2, 0) is 18.9 Å². The van der Waals surface area contributed by atoms with E-state index in [2.05, 4.69) is 26.8 Å². The highest BCUT2D eigenvalue weighted by Gasteiger charge is 2.72. The fourth-order valence-electron chi connectivity index (χ4n) is 4.31. The molecule has 6 atom stereocenters. The Kier molecular flexibility index (Phi) is 4.90. The van der Waals surface area contributed by atoms with E-state index in [0.717, 1.165) is 25.9 Å². The SMILES string of the molecule is COC1C(OC(=O)N(C)C)CCC2(CO2)C1C1(C)OC1CC=C(C)C. The van der Waals surface area contributed by atoms with E-state index in [-0.39, 0.29) is 41.5 Å². The van der Waals surface area contributed by atoms with E-state index >= 15 is 0 Å². The monoisotopic (exact) mass is 353 g/mol. The first-order valence-electron chi connectivity index (χ1n) is 9.09. The van der Waals surface area contributed by atoms with Crippen LogP contribution in [0, 0.1) is 5.92 Å². The summed E-state index contributed by atoms with van der Waals surface area (Å²) >= 11 is 0. The van der Waals surface area contributed by atoms with Crippen molar-refractivity contribution in [2.24, 2.45) is 5.92 Å². The number of nitrogens with zero attached hydrogens (tertiary/aromatic N) is 1. The third-order valence-electron chi connectivity index (χ3n) is 5.85.